The fraction of sp³-hybridized carbons (Fsp3) is 0.176. The molecule has 1 aliphatic carbocycles. The quantitative estimate of drug-likeness (QED) is 0.651. The van der Waals surface area contributed by atoms with E-state index in [0.717, 1.165) is 6.42 Å². The Morgan fingerprint density at radius 1 is 1.06 bits per heavy atom. The molecule has 0 unspecified atom stereocenters. The molecule has 2 aromatic carbocycles. The van der Waals surface area contributed by atoms with E-state index in [9.17, 15) is 0 Å². The molecule has 0 spiro atoms. The average molecular weight is 220 g/mol. The molecular formula is C17H16. The first kappa shape index (κ1) is 10.3. The highest BCUT2D eigenvalue weighted by Crippen LogP contribution is 2.37. The molecule has 0 atom stereocenters. The van der Waals surface area contributed by atoms with Gasteiger partial charge in [0.15, 0.2) is 0 Å². The fourth-order valence-corrected chi connectivity index (χ4v) is 2.55. The van der Waals surface area contributed by atoms with Crippen LogP contribution in [0.15, 0.2) is 54.1 Å². The largest absolute Gasteiger partial charge is 0.0764 e. The van der Waals surface area contributed by atoms with Gasteiger partial charge < -0.3 is 0 Å². The van der Waals surface area contributed by atoms with Crippen molar-refractivity contribution in [1.29, 1.82) is 0 Å². The molecule has 0 bridgehead atoms. The zero-order chi connectivity index (χ0) is 11.8. The third kappa shape index (κ3) is 1.70. The van der Waals surface area contributed by atoms with Crippen LogP contribution in [0.4, 0.5) is 0 Å². The summed E-state index contributed by atoms with van der Waals surface area (Å²) in [5, 5.41) is 2.81. The Hall–Kier alpha value is -1.82. The molecule has 1 aliphatic rings. The van der Waals surface area contributed by atoms with E-state index >= 15 is 0 Å². The number of hydrogen-bond donors (Lipinski definition) is 0. The summed E-state index contributed by atoms with van der Waals surface area (Å²) in [7, 11) is 0. The van der Waals surface area contributed by atoms with Gasteiger partial charge in [0.25, 0.3) is 0 Å². The normalized spacial score (nSPS) is 15.5. The first-order valence-electron chi connectivity index (χ1n) is 6.11. The highest BCUT2D eigenvalue weighted by Gasteiger charge is 2.17. The van der Waals surface area contributed by atoms with Crippen LogP contribution in [0.2, 0.25) is 0 Å². The van der Waals surface area contributed by atoms with Crippen molar-refractivity contribution in [3.63, 3.8) is 0 Å². The van der Waals surface area contributed by atoms with Crippen LogP contribution in [0.3, 0.4) is 0 Å². The van der Waals surface area contributed by atoms with Crippen LogP contribution in [0.5, 0.6) is 0 Å². The van der Waals surface area contributed by atoms with Gasteiger partial charge in [0, 0.05) is 0 Å². The molecule has 17 heavy (non-hydrogen) atoms. The van der Waals surface area contributed by atoms with Crippen LogP contribution in [-0.4, -0.2) is 0 Å². The van der Waals surface area contributed by atoms with Gasteiger partial charge in [-0.2, -0.15) is 0 Å². The third-order valence-corrected chi connectivity index (χ3v) is 3.34. The average Bonchev–Trinajstić information content (AvgIpc) is 2.68. The van der Waals surface area contributed by atoms with Gasteiger partial charge in [0.2, 0.25) is 0 Å². The molecule has 0 radical (unpaired) electrons. The number of allylic oxidation sites excluding steroid dienone is 4. The maximum absolute atomic E-state index is 2.27. The van der Waals surface area contributed by atoms with E-state index in [1.807, 2.05) is 0 Å². The second-order valence-corrected chi connectivity index (χ2v) is 4.93. The molecular weight excluding hydrogens is 204 g/mol. The van der Waals surface area contributed by atoms with Crippen molar-refractivity contribution in [2.75, 3.05) is 0 Å². The minimum absolute atomic E-state index is 1.07. The minimum atomic E-state index is 1.07. The Kier molecular flexibility index (Phi) is 2.36. The summed E-state index contributed by atoms with van der Waals surface area (Å²) in [5.41, 5.74) is 5.67. The molecule has 2 aromatic rings. The van der Waals surface area contributed by atoms with Crippen molar-refractivity contribution in [3.05, 3.63) is 65.3 Å². The topological polar surface area (TPSA) is 0 Å². The molecule has 0 heteroatoms. The van der Waals surface area contributed by atoms with E-state index in [1.54, 1.807) is 0 Å². The predicted molar refractivity (Wildman–Crippen MR) is 75.1 cm³/mol. The Bertz CT molecular complexity index is 633. The summed E-state index contributed by atoms with van der Waals surface area (Å²) >= 11 is 0. The third-order valence-electron chi connectivity index (χ3n) is 3.34. The summed E-state index contributed by atoms with van der Waals surface area (Å²) in [6.07, 6.45) is 5.55. The van der Waals surface area contributed by atoms with Gasteiger partial charge >= 0.3 is 0 Å². The maximum atomic E-state index is 2.27. The van der Waals surface area contributed by atoms with Crippen LogP contribution in [0.25, 0.3) is 16.3 Å². The van der Waals surface area contributed by atoms with Crippen molar-refractivity contribution in [3.8, 4) is 0 Å². The Morgan fingerprint density at radius 3 is 2.59 bits per heavy atom. The zero-order valence-electron chi connectivity index (χ0n) is 10.3. The van der Waals surface area contributed by atoms with E-state index in [0.29, 0.717) is 0 Å². The summed E-state index contributed by atoms with van der Waals surface area (Å²) in [6, 6.07) is 13.2. The lowest BCUT2D eigenvalue weighted by Gasteiger charge is -2.00. The Balaban J connectivity index is 2.23. The van der Waals surface area contributed by atoms with Crippen LogP contribution < -0.4 is 0 Å². The smallest absolute Gasteiger partial charge is 0.00132 e. The van der Waals surface area contributed by atoms with Crippen molar-refractivity contribution < 1.29 is 0 Å². The summed E-state index contributed by atoms with van der Waals surface area (Å²) in [6.45, 7) is 4.28. The molecule has 0 fully saturated rings. The monoisotopic (exact) mass is 220 g/mol. The van der Waals surface area contributed by atoms with Crippen molar-refractivity contribution in [1.82, 2.24) is 0 Å². The number of benzene rings is 2. The summed E-state index contributed by atoms with van der Waals surface area (Å²) < 4.78 is 0. The molecule has 0 N–H and O–H groups in total. The van der Waals surface area contributed by atoms with Gasteiger partial charge in [-0.25, -0.2) is 0 Å². The van der Waals surface area contributed by atoms with E-state index in [1.165, 1.54) is 33.0 Å². The van der Waals surface area contributed by atoms with Crippen molar-refractivity contribution in [2.45, 2.75) is 20.3 Å². The van der Waals surface area contributed by atoms with Gasteiger partial charge in [-0.3, -0.25) is 0 Å². The standard InChI is InChI=1S/C17H16/c1-12(2)9-10-14-11-15-7-3-5-13-6-4-8-16(14)17(13)15/h3-10H,11H2,1-2H3/b14-10+. The molecule has 0 saturated carbocycles. The highest BCUT2D eigenvalue weighted by atomic mass is 14.2. The lowest BCUT2D eigenvalue weighted by atomic mass is 10.0. The van der Waals surface area contributed by atoms with E-state index in [-0.39, 0.29) is 0 Å². The van der Waals surface area contributed by atoms with Crippen LogP contribution in [0.1, 0.15) is 25.0 Å². The maximum Gasteiger partial charge on any atom is -0.00132 e. The lowest BCUT2D eigenvalue weighted by Crippen LogP contribution is -1.78. The van der Waals surface area contributed by atoms with Gasteiger partial charge in [-0.15, -0.1) is 0 Å². The van der Waals surface area contributed by atoms with Crippen LogP contribution in [0, 0.1) is 0 Å². The number of rotatable bonds is 1. The molecule has 0 aliphatic heterocycles. The Morgan fingerprint density at radius 2 is 1.82 bits per heavy atom. The SMILES string of the molecule is CC(C)=C/C=C1\Cc2cccc3cccc1c23. The molecule has 0 heterocycles. The van der Waals surface area contributed by atoms with Crippen molar-refractivity contribution in [2.24, 2.45) is 0 Å². The van der Waals surface area contributed by atoms with E-state index < -0.39 is 0 Å². The zero-order valence-corrected chi connectivity index (χ0v) is 10.3. The minimum Gasteiger partial charge on any atom is -0.0764 e. The first-order chi connectivity index (χ1) is 8.25. The highest BCUT2D eigenvalue weighted by molar-refractivity contribution is 6.01. The van der Waals surface area contributed by atoms with Crippen molar-refractivity contribution >= 4 is 16.3 Å². The van der Waals surface area contributed by atoms with Gasteiger partial charge in [-0.1, -0.05) is 54.1 Å². The first-order valence-corrected chi connectivity index (χ1v) is 6.11. The van der Waals surface area contributed by atoms with Crippen LogP contribution >= 0.6 is 0 Å². The molecule has 84 valence electrons. The van der Waals surface area contributed by atoms with Crippen LogP contribution in [-0.2, 0) is 6.42 Å². The van der Waals surface area contributed by atoms with Gasteiger partial charge in [-0.05, 0) is 47.7 Å². The second kappa shape index (κ2) is 3.89. The fourth-order valence-electron chi connectivity index (χ4n) is 2.55. The van der Waals surface area contributed by atoms with Gasteiger partial charge in [0.1, 0.15) is 0 Å². The Labute approximate surface area is 102 Å². The summed E-state index contributed by atoms with van der Waals surface area (Å²) in [5.74, 6) is 0. The number of hydrogen-bond acceptors (Lipinski definition) is 0. The van der Waals surface area contributed by atoms with E-state index in [4.69, 9.17) is 0 Å². The molecule has 3 rings (SSSR count). The molecule has 0 aromatic heterocycles. The molecule has 0 saturated heterocycles. The molecule has 0 nitrogen and oxygen atoms in total. The summed E-state index contributed by atoms with van der Waals surface area (Å²) in [4.78, 5) is 0. The van der Waals surface area contributed by atoms with Gasteiger partial charge in [0.05, 0.1) is 0 Å². The predicted octanol–water partition coefficient (Wildman–Crippen LogP) is 4.75. The second-order valence-electron chi connectivity index (χ2n) is 4.93. The lowest BCUT2D eigenvalue weighted by molar-refractivity contribution is 1.36. The van der Waals surface area contributed by atoms with E-state index in [2.05, 4.69) is 62.4 Å². The molecule has 0 amide bonds.